The Hall–Kier alpha value is -2.37. The van der Waals surface area contributed by atoms with Crippen molar-refractivity contribution in [2.45, 2.75) is 0 Å². The van der Waals surface area contributed by atoms with Gasteiger partial charge in [0.05, 0.1) is 5.02 Å². The Labute approximate surface area is 142 Å². The summed E-state index contributed by atoms with van der Waals surface area (Å²) in [6.45, 7) is -0.121. The Morgan fingerprint density at radius 2 is 2.00 bits per heavy atom. The van der Waals surface area contributed by atoms with Gasteiger partial charge in [-0.25, -0.2) is 4.98 Å². The van der Waals surface area contributed by atoms with Gasteiger partial charge in [0, 0.05) is 11.6 Å². The SMILES string of the molecule is O=C(COc1ccc(-c2ccccc2)cc1Cl)Nc1nccs1. The Morgan fingerprint density at radius 1 is 1.17 bits per heavy atom. The summed E-state index contributed by atoms with van der Waals surface area (Å²) in [5.41, 5.74) is 2.07. The normalized spacial score (nSPS) is 10.3. The van der Waals surface area contributed by atoms with E-state index in [1.165, 1.54) is 11.3 Å². The first-order valence-electron chi connectivity index (χ1n) is 6.89. The van der Waals surface area contributed by atoms with Crippen LogP contribution in [0.1, 0.15) is 0 Å². The molecule has 1 aromatic heterocycles. The number of carbonyl (C=O) groups excluding carboxylic acids is 1. The lowest BCUT2D eigenvalue weighted by Gasteiger charge is -2.09. The summed E-state index contributed by atoms with van der Waals surface area (Å²) >= 11 is 7.59. The van der Waals surface area contributed by atoms with Crippen LogP contribution in [0.4, 0.5) is 5.13 Å². The molecule has 0 aliphatic heterocycles. The molecule has 0 unspecified atom stereocenters. The van der Waals surface area contributed by atoms with E-state index >= 15 is 0 Å². The van der Waals surface area contributed by atoms with Gasteiger partial charge in [-0.1, -0.05) is 48.0 Å². The summed E-state index contributed by atoms with van der Waals surface area (Å²) < 4.78 is 5.47. The van der Waals surface area contributed by atoms with Gasteiger partial charge in [0.2, 0.25) is 0 Å². The maximum atomic E-state index is 11.8. The maximum Gasteiger partial charge on any atom is 0.264 e. The van der Waals surface area contributed by atoms with Crippen molar-refractivity contribution < 1.29 is 9.53 Å². The van der Waals surface area contributed by atoms with Crippen molar-refractivity contribution in [1.82, 2.24) is 4.98 Å². The molecule has 0 saturated carbocycles. The Balaban J connectivity index is 1.63. The second-order valence-corrected chi connectivity index (χ2v) is 5.99. The number of thiazole rings is 1. The Kier molecular flexibility index (Phi) is 4.90. The van der Waals surface area contributed by atoms with Gasteiger partial charge < -0.3 is 4.74 Å². The van der Waals surface area contributed by atoms with Gasteiger partial charge >= 0.3 is 0 Å². The topological polar surface area (TPSA) is 51.2 Å². The minimum absolute atomic E-state index is 0.121. The summed E-state index contributed by atoms with van der Waals surface area (Å²) in [5.74, 6) is 0.198. The van der Waals surface area contributed by atoms with E-state index < -0.39 is 0 Å². The lowest BCUT2D eigenvalue weighted by molar-refractivity contribution is -0.118. The number of ether oxygens (including phenoxy) is 1. The van der Waals surface area contributed by atoms with Crippen molar-refractivity contribution in [2.24, 2.45) is 0 Å². The average molecular weight is 345 g/mol. The Morgan fingerprint density at radius 3 is 2.70 bits per heavy atom. The standard InChI is InChI=1S/C17H13ClN2O2S/c18-14-10-13(12-4-2-1-3-5-12)6-7-15(14)22-11-16(21)20-17-19-8-9-23-17/h1-10H,11H2,(H,19,20,21). The molecule has 3 rings (SSSR count). The molecular formula is C17H13ClN2O2S. The predicted molar refractivity (Wildman–Crippen MR) is 93.1 cm³/mol. The molecule has 0 aliphatic rings. The maximum absolute atomic E-state index is 11.8. The summed E-state index contributed by atoms with van der Waals surface area (Å²) in [7, 11) is 0. The van der Waals surface area contributed by atoms with Crippen molar-refractivity contribution in [1.29, 1.82) is 0 Å². The number of nitrogens with one attached hydrogen (secondary N) is 1. The van der Waals surface area contributed by atoms with Gasteiger partial charge in [0.25, 0.3) is 5.91 Å². The number of benzene rings is 2. The third-order valence-electron chi connectivity index (χ3n) is 3.08. The monoisotopic (exact) mass is 344 g/mol. The fourth-order valence-electron chi connectivity index (χ4n) is 2.01. The molecule has 1 amide bonds. The van der Waals surface area contributed by atoms with E-state index in [-0.39, 0.29) is 12.5 Å². The van der Waals surface area contributed by atoms with Crippen molar-refractivity contribution in [3.8, 4) is 16.9 Å². The van der Waals surface area contributed by atoms with Crippen LogP contribution in [-0.2, 0) is 4.79 Å². The van der Waals surface area contributed by atoms with Crippen LogP contribution in [0.2, 0.25) is 5.02 Å². The smallest absolute Gasteiger partial charge is 0.264 e. The van der Waals surface area contributed by atoms with E-state index in [0.29, 0.717) is 15.9 Å². The minimum Gasteiger partial charge on any atom is -0.482 e. The number of amides is 1. The molecule has 6 heteroatoms. The van der Waals surface area contributed by atoms with Gasteiger partial charge in [-0.3, -0.25) is 10.1 Å². The van der Waals surface area contributed by atoms with Crippen molar-refractivity contribution in [2.75, 3.05) is 11.9 Å². The molecule has 1 N–H and O–H groups in total. The zero-order valence-corrected chi connectivity index (χ0v) is 13.6. The minimum atomic E-state index is -0.275. The summed E-state index contributed by atoms with van der Waals surface area (Å²) in [5, 5.41) is 5.45. The van der Waals surface area contributed by atoms with Crippen LogP contribution in [0.15, 0.2) is 60.1 Å². The quantitative estimate of drug-likeness (QED) is 0.742. The van der Waals surface area contributed by atoms with Gasteiger partial charge in [-0.2, -0.15) is 0 Å². The third-order valence-corrected chi connectivity index (χ3v) is 4.06. The van der Waals surface area contributed by atoms with E-state index in [4.69, 9.17) is 16.3 Å². The molecule has 4 nitrogen and oxygen atoms in total. The molecule has 116 valence electrons. The van der Waals surface area contributed by atoms with Crippen LogP contribution >= 0.6 is 22.9 Å². The highest BCUT2D eigenvalue weighted by molar-refractivity contribution is 7.13. The largest absolute Gasteiger partial charge is 0.482 e. The summed E-state index contributed by atoms with van der Waals surface area (Å²) in [4.78, 5) is 15.7. The number of halogens is 1. The van der Waals surface area contributed by atoms with Crippen LogP contribution in [0.5, 0.6) is 5.75 Å². The number of aromatic nitrogens is 1. The first-order valence-corrected chi connectivity index (χ1v) is 8.15. The lowest BCUT2D eigenvalue weighted by Crippen LogP contribution is -2.20. The van der Waals surface area contributed by atoms with E-state index in [2.05, 4.69) is 10.3 Å². The predicted octanol–water partition coefficient (Wildman–Crippen LogP) is 4.48. The molecule has 0 aliphatic carbocycles. The highest BCUT2D eigenvalue weighted by Crippen LogP contribution is 2.30. The molecule has 0 fully saturated rings. The number of rotatable bonds is 5. The first kappa shape index (κ1) is 15.5. The van der Waals surface area contributed by atoms with Gasteiger partial charge in [0.1, 0.15) is 5.75 Å². The number of hydrogen-bond donors (Lipinski definition) is 1. The van der Waals surface area contributed by atoms with Crippen LogP contribution in [0, 0.1) is 0 Å². The molecule has 0 radical (unpaired) electrons. The van der Waals surface area contributed by atoms with Crippen LogP contribution in [-0.4, -0.2) is 17.5 Å². The second kappa shape index (κ2) is 7.26. The highest BCUT2D eigenvalue weighted by Gasteiger charge is 2.08. The van der Waals surface area contributed by atoms with Crippen molar-refractivity contribution >= 4 is 34.0 Å². The summed E-state index contributed by atoms with van der Waals surface area (Å²) in [6, 6.07) is 15.4. The third kappa shape index (κ3) is 4.09. The van der Waals surface area contributed by atoms with Crippen molar-refractivity contribution in [3.63, 3.8) is 0 Å². The molecule has 0 saturated heterocycles. The molecule has 0 bridgehead atoms. The molecule has 1 heterocycles. The number of anilines is 1. The molecule has 0 atom stereocenters. The number of hydrogen-bond acceptors (Lipinski definition) is 4. The van der Waals surface area contributed by atoms with Gasteiger partial charge in [-0.15, -0.1) is 11.3 Å². The molecule has 0 spiro atoms. The van der Waals surface area contributed by atoms with E-state index in [0.717, 1.165) is 11.1 Å². The van der Waals surface area contributed by atoms with E-state index in [1.54, 1.807) is 17.6 Å². The second-order valence-electron chi connectivity index (χ2n) is 4.69. The van der Waals surface area contributed by atoms with Gasteiger partial charge in [-0.05, 0) is 23.3 Å². The fourth-order valence-corrected chi connectivity index (χ4v) is 2.79. The van der Waals surface area contributed by atoms with Crippen LogP contribution in [0.25, 0.3) is 11.1 Å². The van der Waals surface area contributed by atoms with E-state index in [1.807, 2.05) is 42.5 Å². The average Bonchev–Trinajstić information content (AvgIpc) is 3.07. The zero-order chi connectivity index (χ0) is 16.1. The number of carbonyl (C=O) groups is 1. The lowest BCUT2D eigenvalue weighted by atomic mass is 10.1. The fraction of sp³-hybridized carbons (Fsp3) is 0.0588. The highest BCUT2D eigenvalue weighted by atomic mass is 35.5. The molecule has 23 heavy (non-hydrogen) atoms. The van der Waals surface area contributed by atoms with Crippen molar-refractivity contribution in [3.05, 3.63) is 65.1 Å². The number of nitrogens with zero attached hydrogens (tertiary/aromatic N) is 1. The molecule has 2 aromatic carbocycles. The van der Waals surface area contributed by atoms with Crippen LogP contribution in [0.3, 0.4) is 0 Å². The zero-order valence-electron chi connectivity index (χ0n) is 12.0. The van der Waals surface area contributed by atoms with E-state index in [9.17, 15) is 4.79 Å². The Bertz CT molecular complexity index is 792. The van der Waals surface area contributed by atoms with Crippen LogP contribution < -0.4 is 10.1 Å². The van der Waals surface area contributed by atoms with Gasteiger partial charge in [0.15, 0.2) is 11.7 Å². The first-order chi connectivity index (χ1) is 11.2. The molecular weight excluding hydrogens is 332 g/mol. The molecule has 3 aromatic rings. The summed E-state index contributed by atoms with van der Waals surface area (Å²) in [6.07, 6.45) is 1.63.